The highest BCUT2D eigenvalue weighted by Gasteiger charge is 2.33. The van der Waals surface area contributed by atoms with Crippen molar-refractivity contribution in [3.05, 3.63) is 27.7 Å². The number of hydrogen-bond donors (Lipinski definition) is 2. The van der Waals surface area contributed by atoms with E-state index in [1.807, 2.05) is 0 Å². The maximum Gasteiger partial charge on any atom is 0.328 e. The highest BCUT2D eigenvalue weighted by atomic mass is 35.5. The number of carboxylic acid groups (broad SMARTS) is 1. The fourth-order valence-electron chi connectivity index (χ4n) is 2.00. The zero-order valence-corrected chi connectivity index (χ0v) is 12.7. The number of benzene rings is 1. The lowest BCUT2D eigenvalue weighted by Crippen LogP contribution is -2.54. The number of nitrogens with one attached hydrogen (secondary N) is 1. The number of nitrogens with zero attached hydrogens (tertiary/aromatic N) is 1. The minimum Gasteiger partial charge on any atom is -0.480 e. The Morgan fingerprint density at radius 1 is 1.43 bits per heavy atom. The van der Waals surface area contributed by atoms with Gasteiger partial charge in [-0.1, -0.05) is 29.3 Å². The Morgan fingerprint density at radius 3 is 2.81 bits per heavy atom. The molecular weight excluding hydrogens is 319 g/mol. The molecule has 0 aromatic heterocycles. The molecule has 21 heavy (non-hydrogen) atoms. The summed E-state index contributed by atoms with van der Waals surface area (Å²) in [5, 5.41) is 12.3. The number of aryl methyl sites for hydroxylation is 1. The number of rotatable bonds is 2. The fraction of sp³-hybridized carbons (Fsp3) is 0.385. The topological polar surface area (TPSA) is 78.9 Å². The Morgan fingerprint density at radius 2 is 2.14 bits per heavy atom. The van der Waals surface area contributed by atoms with Crippen LogP contribution in [0.15, 0.2) is 12.1 Å². The van der Waals surface area contributed by atoms with E-state index in [1.54, 1.807) is 19.1 Å². The number of aliphatic carboxylic acids is 1. The molecule has 2 N–H and O–H groups in total. The van der Waals surface area contributed by atoms with Gasteiger partial charge < -0.3 is 20.1 Å². The zero-order chi connectivity index (χ0) is 15.6. The molecule has 114 valence electrons. The maximum absolute atomic E-state index is 12.3. The van der Waals surface area contributed by atoms with Crippen LogP contribution in [0, 0.1) is 6.92 Å². The minimum absolute atomic E-state index is 0.0436. The second-order valence-corrected chi connectivity index (χ2v) is 5.39. The number of urea groups is 1. The molecule has 2 amide bonds. The molecule has 1 heterocycles. The van der Waals surface area contributed by atoms with Gasteiger partial charge in [0.05, 0.1) is 28.9 Å². The van der Waals surface area contributed by atoms with Crippen molar-refractivity contribution in [2.45, 2.75) is 13.0 Å². The third-order valence-electron chi connectivity index (χ3n) is 3.19. The van der Waals surface area contributed by atoms with Gasteiger partial charge >= 0.3 is 12.0 Å². The van der Waals surface area contributed by atoms with Gasteiger partial charge in [0.1, 0.15) is 0 Å². The summed E-state index contributed by atoms with van der Waals surface area (Å²) in [7, 11) is 0. The van der Waals surface area contributed by atoms with Gasteiger partial charge in [0.15, 0.2) is 6.04 Å². The number of carbonyl (C=O) groups excluding carboxylic acids is 1. The SMILES string of the molecule is Cc1ccc(Cl)c(NC(=O)N2CCOCC2C(=O)O)c1Cl. The average Bonchev–Trinajstić information content (AvgIpc) is 2.47. The summed E-state index contributed by atoms with van der Waals surface area (Å²) in [4.78, 5) is 24.6. The number of morpholine rings is 1. The van der Waals surface area contributed by atoms with Crippen molar-refractivity contribution in [3.63, 3.8) is 0 Å². The Labute approximate surface area is 131 Å². The van der Waals surface area contributed by atoms with Gasteiger partial charge in [0.2, 0.25) is 0 Å². The van der Waals surface area contributed by atoms with Gasteiger partial charge in [0.25, 0.3) is 0 Å². The van der Waals surface area contributed by atoms with Crippen LogP contribution in [0.25, 0.3) is 0 Å². The first kappa shape index (κ1) is 15.9. The van der Waals surface area contributed by atoms with Crippen molar-refractivity contribution in [2.24, 2.45) is 0 Å². The van der Waals surface area contributed by atoms with Crippen molar-refractivity contribution in [1.29, 1.82) is 0 Å². The van der Waals surface area contributed by atoms with Crippen LogP contribution in [0.5, 0.6) is 0 Å². The summed E-state index contributed by atoms with van der Waals surface area (Å²) >= 11 is 12.1. The molecule has 1 aromatic carbocycles. The molecule has 0 saturated carbocycles. The maximum atomic E-state index is 12.3. The fourth-order valence-corrected chi connectivity index (χ4v) is 2.47. The monoisotopic (exact) mass is 332 g/mol. The first-order valence-corrected chi connectivity index (χ1v) is 7.00. The van der Waals surface area contributed by atoms with Crippen LogP contribution in [0.3, 0.4) is 0 Å². The van der Waals surface area contributed by atoms with Gasteiger partial charge in [-0.2, -0.15) is 0 Å². The molecule has 0 radical (unpaired) electrons. The number of anilines is 1. The Kier molecular flexibility index (Phi) is 4.92. The van der Waals surface area contributed by atoms with Crippen molar-refractivity contribution in [3.8, 4) is 0 Å². The number of carbonyl (C=O) groups is 2. The lowest BCUT2D eigenvalue weighted by atomic mass is 10.2. The van der Waals surface area contributed by atoms with Crippen LogP contribution < -0.4 is 5.32 Å². The molecule has 1 atom stereocenters. The molecule has 0 bridgehead atoms. The molecule has 1 aliphatic rings. The van der Waals surface area contributed by atoms with Crippen molar-refractivity contribution in [2.75, 3.05) is 25.1 Å². The van der Waals surface area contributed by atoms with Gasteiger partial charge in [-0.05, 0) is 18.6 Å². The molecule has 2 rings (SSSR count). The number of hydrogen-bond acceptors (Lipinski definition) is 3. The van der Waals surface area contributed by atoms with E-state index < -0.39 is 18.0 Å². The van der Waals surface area contributed by atoms with Gasteiger partial charge in [0, 0.05) is 6.54 Å². The molecule has 1 fully saturated rings. The van der Waals surface area contributed by atoms with Gasteiger partial charge in [-0.25, -0.2) is 9.59 Å². The predicted molar refractivity (Wildman–Crippen MR) is 79.2 cm³/mol. The summed E-state index contributed by atoms with van der Waals surface area (Å²) in [6, 6.07) is 1.75. The summed E-state index contributed by atoms with van der Waals surface area (Å²) < 4.78 is 5.09. The highest BCUT2D eigenvalue weighted by Crippen LogP contribution is 2.33. The normalized spacial score (nSPS) is 18.4. The molecule has 0 aliphatic carbocycles. The Balaban J connectivity index is 2.21. The first-order chi connectivity index (χ1) is 9.91. The molecule has 1 aromatic rings. The van der Waals surface area contributed by atoms with E-state index in [9.17, 15) is 9.59 Å². The van der Waals surface area contributed by atoms with E-state index >= 15 is 0 Å². The van der Waals surface area contributed by atoms with Crippen LogP contribution in [0.2, 0.25) is 10.0 Å². The van der Waals surface area contributed by atoms with Crippen molar-refractivity contribution >= 4 is 40.9 Å². The molecular formula is C13H14Cl2N2O4. The van der Waals surface area contributed by atoms with Crippen LogP contribution in [0.4, 0.5) is 10.5 Å². The Hall–Kier alpha value is -1.50. The quantitative estimate of drug-likeness (QED) is 0.872. The molecule has 8 heteroatoms. The van der Waals surface area contributed by atoms with Crippen LogP contribution in [-0.2, 0) is 9.53 Å². The lowest BCUT2D eigenvalue weighted by Gasteiger charge is -2.33. The van der Waals surface area contributed by atoms with E-state index in [0.717, 1.165) is 5.56 Å². The van der Waals surface area contributed by atoms with Crippen LogP contribution in [0.1, 0.15) is 5.56 Å². The average molecular weight is 333 g/mol. The van der Waals surface area contributed by atoms with Gasteiger partial charge in [-0.3, -0.25) is 0 Å². The van der Waals surface area contributed by atoms with Crippen LogP contribution >= 0.6 is 23.2 Å². The third kappa shape index (κ3) is 3.40. The first-order valence-electron chi connectivity index (χ1n) is 6.24. The summed E-state index contributed by atoms with van der Waals surface area (Å²) in [6.07, 6.45) is 0. The minimum atomic E-state index is -1.12. The summed E-state index contributed by atoms with van der Waals surface area (Å²) in [5.74, 6) is -1.12. The second kappa shape index (κ2) is 6.51. The lowest BCUT2D eigenvalue weighted by molar-refractivity contribution is -0.147. The molecule has 1 unspecified atom stereocenters. The number of amides is 2. The smallest absolute Gasteiger partial charge is 0.328 e. The van der Waals surface area contributed by atoms with E-state index in [4.69, 9.17) is 33.0 Å². The van der Waals surface area contributed by atoms with E-state index in [1.165, 1.54) is 4.90 Å². The van der Waals surface area contributed by atoms with Crippen LogP contribution in [-0.4, -0.2) is 47.8 Å². The molecule has 1 aliphatic heterocycles. The standard InChI is InChI=1S/C13H14Cl2N2O4/c1-7-2-3-8(14)11(10(7)15)16-13(20)17-4-5-21-6-9(17)12(18)19/h2-3,9H,4-6H2,1H3,(H,16,20)(H,18,19). The van der Waals surface area contributed by atoms with E-state index in [-0.39, 0.29) is 25.4 Å². The van der Waals surface area contributed by atoms with Gasteiger partial charge in [-0.15, -0.1) is 0 Å². The number of carboxylic acids is 1. The highest BCUT2D eigenvalue weighted by molar-refractivity contribution is 6.40. The summed E-state index contributed by atoms with van der Waals surface area (Å²) in [5.41, 5.74) is 1.03. The van der Waals surface area contributed by atoms with E-state index in [0.29, 0.717) is 10.0 Å². The largest absolute Gasteiger partial charge is 0.480 e. The number of ether oxygens (including phenoxy) is 1. The third-order valence-corrected chi connectivity index (χ3v) is 3.99. The summed E-state index contributed by atoms with van der Waals surface area (Å²) in [6.45, 7) is 2.21. The van der Waals surface area contributed by atoms with Crippen molar-refractivity contribution < 1.29 is 19.4 Å². The second-order valence-electron chi connectivity index (χ2n) is 4.61. The number of halogens is 2. The van der Waals surface area contributed by atoms with Crippen molar-refractivity contribution in [1.82, 2.24) is 4.90 Å². The van der Waals surface area contributed by atoms with E-state index in [2.05, 4.69) is 5.32 Å². The molecule has 0 spiro atoms. The molecule has 6 nitrogen and oxygen atoms in total. The predicted octanol–water partition coefficient (Wildman–Crippen LogP) is 2.62. The zero-order valence-electron chi connectivity index (χ0n) is 11.2. The molecule has 1 saturated heterocycles. The Bertz CT molecular complexity index is 580.